The number of hydrogen-bond donors (Lipinski definition) is 0. The van der Waals surface area contributed by atoms with Gasteiger partial charge >= 0.3 is 0 Å². The molecule has 0 heterocycles. The van der Waals surface area contributed by atoms with Gasteiger partial charge < -0.3 is 0 Å². The molecule has 1 atom stereocenters. The van der Waals surface area contributed by atoms with Gasteiger partial charge in [0.15, 0.2) is 0 Å². The van der Waals surface area contributed by atoms with Crippen molar-refractivity contribution in [2.24, 2.45) is 0 Å². The number of rotatable bonds is 1. The fourth-order valence-electron chi connectivity index (χ4n) is 2.86. The molecule has 1 aliphatic carbocycles. The quantitative estimate of drug-likeness (QED) is 0.688. The first-order valence-corrected chi connectivity index (χ1v) is 6.96. The molecule has 1 aliphatic rings. The highest BCUT2D eigenvalue weighted by Gasteiger charge is 2.32. The second kappa shape index (κ2) is 4.10. The first-order chi connectivity index (χ1) is 8.61. The molecule has 18 heavy (non-hydrogen) atoms. The highest BCUT2D eigenvalue weighted by molar-refractivity contribution is 9.10. The van der Waals surface area contributed by atoms with Crippen LogP contribution in [0.2, 0.25) is 0 Å². The summed E-state index contributed by atoms with van der Waals surface area (Å²) in [7, 11) is 0. The van der Waals surface area contributed by atoms with Crippen LogP contribution in [0.1, 0.15) is 29.2 Å². The Morgan fingerprint density at radius 3 is 2.56 bits per heavy atom. The van der Waals surface area contributed by atoms with E-state index in [1.807, 2.05) is 0 Å². The van der Waals surface area contributed by atoms with Gasteiger partial charge in [-0.1, -0.05) is 58.4 Å². The molecule has 0 aliphatic heterocycles. The van der Waals surface area contributed by atoms with E-state index in [0.717, 1.165) is 4.47 Å². The van der Waals surface area contributed by atoms with Crippen molar-refractivity contribution in [3.63, 3.8) is 0 Å². The first kappa shape index (κ1) is 11.7. The Kier molecular flexibility index (Phi) is 2.67. The molecule has 0 fully saturated rings. The molecule has 0 aromatic heterocycles. The van der Waals surface area contributed by atoms with Gasteiger partial charge in [0, 0.05) is 9.89 Å². The fraction of sp³-hybridized carbons (Fsp3) is 0.176. The summed E-state index contributed by atoms with van der Waals surface area (Å²) in [4.78, 5) is 0. The maximum absolute atomic E-state index is 3.58. The van der Waals surface area contributed by atoms with Crippen LogP contribution in [-0.4, -0.2) is 0 Å². The molecule has 1 unspecified atom stereocenters. The zero-order valence-electron chi connectivity index (χ0n) is 10.6. The molecule has 0 saturated carbocycles. The van der Waals surface area contributed by atoms with Crippen molar-refractivity contribution in [3.8, 4) is 0 Å². The second-order valence-corrected chi connectivity index (χ2v) is 6.00. The number of fused-ring (bicyclic) bond motifs is 1. The van der Waals surface area contributed by atoms with Crippen molar-refractivity contribution < 1.29 is 0 Å². The Balaban J connectivity index is 2.23. The maximum Gasteiger partial charge on any atom is 0.0365 e. The summed E-state index contributed by atoms with van der Waals surface area (Å²) >= 11 is 3.58. The molecule has 0 saturated heterocycles. The van der Waals surface area contributed by atoms with Gasteiger partial charge in [-0.25, -0.2) is 0 Å². The van der Waals surface area contributed by atoms with Gasteiger partial charge in [0.2, 0.25) is 0 Å². The third-order valence-corrected chi connectivity index (χ3v) is 4.37. The highest BCUT2D eigenvalue weighted by Crippen LogP contribution is 2.43. The van der Waals surface area contributed by atoms with E-state index >= 15 is 0 Å². The lowest BCUT2D eigenvalue weighted by atomic mass is 9.76. The average molecular weight is 299 g/mol. The maximum atomic E-state index is 3.58. The predicted octanol–water partition coefficient (Wildman–Crippen LogP) is 5.09. The largest absolute Gasteiger partial charge is 0.0692 e. The number of allylic oxidation sites excluding steroid dienone is 1. The van der Waals surface area contributed by atoms with Crippen LogP contribution in [0.25, 0.3) is 6.08 Å². The van der Waals surface area contributed by atoms with Crippen LogP contribution in [-0.2, 0) is 5.41 Å². The van der Waals surface area contributed by atoms with Crippen LogP contribution in [0.3, 0.4) is 0 Å². The van der Waals surface area contributed by atoms with Crippen LogP contribution in [0.15, 0.2) is 53.0 Å². The zero-order valence-corrected chi connectivity index (χ0v) is 12.2. The Bertz CT molecular complexity index is 640. The van der Waals surface area contributed by atoms with E-state index in [1.165, 1.54) is 22.3 Å². The van der Waals surface area contributed by atoms with Crippen molar-refractivity contribution in [1.29, 1.82) is 0 Å². The summed E-state index contributed by atoms with van der Waals surface area (Å²) in [5.41, 5.74) is 5.43. The molecule has 0 N–H and O–H groups in total. The molecule has 0 amide bonds. The molecule has 0 bridgehead atoms. The van der Waals surface area contributed by atoms with Crippen molar-refractivity contribution >= 4 is 22.0 Å². The third kappa shape index (κ3) is 1.65. The number of aryl methyl sites for hydroxylation is 1. The fourth-order valence-corrected chi connectivity index (χ4v) is 3.22. The summed E-state index contributed by atoms with van der Waals surface area (Å²) in [5.74, 6) is 0. The normalized spacial score (nSPS) is 21.1. The van der Waals surface area contributed by atoms with E-state index < -0.39 is 0 Å². The smallest absolute Gasteiger partial charge is 0.0365 e. The lowest BCUT2D eigenvalue weighted by molar-refractivity contribution is 0.731. The minimum absolute atomic E-state index is 0.00947. The Hall–Kier alpha value is -1.34. The molecule has 90 valence electrons. The van der Waals surface area contributed by atoms with Crippen molar-refractivity contribution in [3.05, 3.63) is 75.3 Å². The van der Waals surface area contributed by atoms with Gasteiger partial charge in [0.25, 0.3) is 0 Å². The monoisotopic (exact) mass is 298 g/mol. The minimum atomic E-state index is -0.00947. The van der Waals surface area contributed by atoms with E-state index in [9.17, 15) is 0 Å². The summed E-state index contributed by atoms with van der Waals surface area (Å²) in [5, 5.41) is 0. The van der Waals surface area contributed by atoms with E-state index in [2.05, 4.69) is 84.4 Å². The standard InChI is InChI=1S/C17H15Br/c1-12-5-3-4-6-15(12)17(2)10-9-13-7-8-14(18)11-16(13)17/h3-11H,1-2H3. The number of hydrogen-bond acceptors (Lipinski definition) is 0. The van der Waals surface area contributed by atoms with Gasteiger partial charge in [-0.2, -0.15) is 0 Å². The summed E-state index contributed by atoms with van der Waals surface area (Å²) < 4.78 is 1.14. The van der Waals surface area contributed by atoms with Crippen molar-refractivity contribution in [2.45, 2.75) is 19.3 Å². The highest BCUT2D eigenvalue weighted by atomic mass is 79.9. The topological polar surface area (TPSA) is 0 Å². The molecule has 3 rings (SSSR count). The molecule has 2 aromatic rings. The van der Waals surface area contributed by atoms with E-state index in [0.29, 0.717) is 0 Å². The Morgan fingerprint density at radius 1 is 1.00 bits per heavy atom. The molecule has 2 aromatic carbocycles. The van der Waals surface area contributed by atoms with Crippen LogP contribution < -0.4 is 0 Å². The lowest BCUT2D eigenvalue weighted by Gasteiger charge is -2.27. The zero-order chi connectivity index (χ0) is 12.8. The Labute approximate surface area is 116 Å². The van der Waals surface area contributed by atoms with Gasteiger partial charge in [-0.05, 0) is 48.2 Å². The lowest BCUT2D eigenvalue weighted by Crippen LogP contribution is -2.20. The van der Waals surface area contributed by atoms with E-state index in [-0.39, 0.29) is 5.41 Å². The van der Waals surface area contributed by atoms with Gasteiger partial charge in [0.05, 0.1) is 0 Å². The van der Waals surface area contributed by atoms with Crippen LogP contribution >= 0.6 is 15.9 Å². The number of halogens is 1. The van der Waals surface area contributed by atoms with E-state index in [1.54, 1.807) is 0 Å². The van der Waals surface area contributed by atoms with E-state index in [4.69, 9.17) is 0 Å². The SMILES string of the molecule is Cc1ccccc1C1(C)C=Cc2ccc(Br)cc21. The summed E-state index contributed by atoms with van der Waals surface area (Å²) in [6.45, 7) is 4.48. The van der Waals surface area contributed by atoms with Gasteiger partial charge in [-0.15, -0.1) is 0 Å². The average Bonchev–Trinajstić information content (AvgIpc) is 2.69. The first-order valence-electron chi connectivity index (χ1n) is 6.17. The third-order valence-electron chi connectivity index (χ3n) is 3.88. The predicted molar refractivity (Wildman–Crippen MR) is 80.8 cm³/mol. The molecule has 1 heteroatoms. The second-order valence-electron chi connectivity index (χ2n) is 5.08. The molecular formula is C17H15Br. The van der Waals surface area contributed by atoms with Gasteiger partial charge in [-0.3, -0.25) is 0 Å². The molecule has 0 spiro atoms. The molecule has 0 nitrogen and oxygen atoms in total. The van der Waals surface area contributed by atoms with Crippen LogP contribution in [0.4, 0.5) is 0 Å². The molecule has 0 radical (unpaired) electrons. The van der Waals surface area contributed by atoms with Crippen LogP contribution in [0.5, 0.6) is 0 Å². The summed E-state index contributed by atoms with van der Waals surface area (Å²) in [6, 6.07) is 15.2. The van der Waals surface area contributed by atoms with Crippen molar-refractivity contribution in [1.82, 2.24) is 0 Å². The van der Waals surface area contributed by atoms with Gasteiger partial charge in [0.1, 0.15) is 0 Å². The number of benzene rings is 2. The summed E-state index contributed by atoms with van der Waals surface area (Å²) in [6.07, 6.45) is 4.54. The Morgan fingerprint density at radius 2 is 1.78 bits per heavy atom. The van der Waals surface area contributed by atoms with Crippen LogP contribution in [0, 0.1) is 6.92 Å². The minimum Gasteiger partial charge on any atom is -0.0692 e. The van der Waals surface area contributed by atoms with Crippen molar-refractivity contribution in [2.75, 3.05) is 0 Å². The molecular weight excluding hydrogens is 284 g/mol.